The molecule has 0 aliphatic carbocycles. The molecular formula is C23H22N2O3S2. The van der Waals surface area contributed by atoms with Gasteiger partial charge in [-0.15, -0.1) is 11.8 Å². The summed E-state index contributed by atoms with van der Waals surface area (Å²) in [5, 5.41) is 2.84. The number of nitrogens with zero attached hydrogens (tertiary/aromatic N) is 1. The van der Waals surface area contributed by atoms with E-state index in [0.717, 1.165) is 10.5 Å². The summed E-state index contributed by atoms with van der Waals surface area (Å²) in [5.41, 5.74) is 2.68. The van der Waals surface area contributed by atoms with Gasteiger partial charge in [-0.1, -0.05) is 30.3 Å². The molecule has 3 aromatic carbocycles. The topological polar surface area (TPSA) is 66.5 Å². The number of benzene rings is 3. The molecule has 154 valence electrons. The molecule has 0 saturated heterocycles. The van der Waals surface area contributed by atoms with Crippen LogP contribution in [0.3, 0.4) is 0 Å². The largest absolute Gasteiger partial charge is 0.322 e. The van der Waals surface area contributed by atoms with Gasteiger partial charge in [0.15, 0.2) is 0 Å². The Bertz CT molecular complexity index is 1210. The van der Waals surface area contributed by atoms with Crippen LogP contribution in [-0.4, -0.2) is 26.6 Å². The van der Waals surface area contributed by atoms with Gasteiger partial charge in [-0.3, -0.25) is 9.10 Å². The summed E-state index contributed by atoms with van der Waals surface area (Å²) < 4.78 is 28.3. The monoisotopic (exact) mass is 438 g/mol. The van der Waals surface area contributed by atoms with Crippen LogP contribution in [0.15, 0.2) is 82.6 Å². The summed E-state index contributed by atoms with van der Waals surface area (Å²) >= 11 is 1.58. The van der Waals surface area contributed by atoms with Crippen molar-refractivity contribution in [1.29, 1.82) is 0 Å². The third-order valence-electron chi connectivity index (χ3n) is 5.13. The van der Waals surface area contributed by atoms with Crippen LogP contribution in [0.2, 0.25) is 0 Å². The fourth-order valence-electron chi connectivity index (χ4n) is 3.72. The molecule has 0 bridgehead atoms. The SMILES string of the molecule is CSc1cccc(NC(=O)c2cccc(S(=O)(=O)N3c4ccccc4C[C@@H]3C)c2)c1. The molecule has 5 nitrogen and oxygen atoms in total. The Morgan fingerprint density at radius 3 is 2.60 bits per heavy atom. The highest BCUT2D eigenvalue weighted by atomic mass is 32.2. The number of sulfonamides is 1. The molecule has 1 aliphatic rings. The van der Waals surface area contributed by atoms with Gasteiger partial charge in [0.25, 0.3) is 15.9 Å². The van der Waals surface area contributed by atoms with Crippen molar-refractivity contribution in [1.82, 2.24) is 0 Å². The molecule has 1 heterocycles. The summed E-state index contributed by atoms with van der Waals surface area (Å²) in [7, 11) is -3.79. The zero-order valence-corrected chi connectivity index (χ0v) is 18.3. The summed E-state index contributed by atoms with van der Waals surface area (Å²) in [4.78, 5) is 13.9. The minimum absolute atomic E-state index is 0.108. The fraction of sp³-hybridized carbons (Fsp3) is 0.174. The van der Waals surface area contributed by atoms with E-state index in [-0.39, 0.29) is 16.8 Å². The summed E-state index contributed by atoms with van der Waals surface area (Å²) in [6, 6.07) is 21.1. The first-order chi connectivity index (χ1) is 14.4. The van der Waals surface area contributed by atoms with Gasteiger partial charge in [0.05, 0.1) is 10.6 Å². The van der Waals surface area contributed by atoms with Crippen molar-refractivity contribution >= 4 is 39.1 Å². The van der Waals surface area contributed by atoms with Crippen LogP contribution in [0.25, 0.3) is 0 Å². The third-order valence-corrected chi connectivity index (χ3v) is 7.77. The number of amides is 1. The smallest absolute Gasteiger partial charge is 0.264 e. The van der Waals surface area contributed by atoms with Crippen molar-refractivity contribution in [2.24, 2.45) is 0 Å². The zero-order chi connectivity index (χ0) is 21.3. The van der Waals surface area contributed by atoms with E-state index in [1.807, 2.05) is 55.6 Å². The number of rotatable bonds is 5. The van der Waals surface area contributed by atoms with Crippen molar-refractivity contribution in [2.75, 3.05) is 15.9 Å². The Hall–Kier alpha value is -2.77. The number of para-hydroxylation sites is 1. The molecule has 1 N–H and O–H groups in total. The van der Waals surface area contributed by atoms with Gasteiger partial charge < -0.3 is 5.32 Å². The molecule has 1 amide bonds. The molecule has 4 rings (SSSR count). The van der Waals surface area contributed by atoms with Crippen molar-refractivity contribution in [3.63, 3.8) is 0 Å². The van der Waals surface area contributed by atoms with E-state index in [4.69, 9.17) is 0 Å². The third kappa shape index (κ3) is 3.82. The number of carbonyl (C=O) groups excluding carboxylic acids is 1. The van der Waals surface area contributed by atoms with E-state index in [0.29, 0.717) is 23.4 Å². The first kappa shape index (κ1) is 20.5. The molecule has 7 heteroatoms. The van der Waals surface area contributed by atoms with Crippen LogP contribution in [0.4, 0.5) is 11.4 Å². The van der Waals surface area contributed by atoms with E-state index in [1.54, 1.807) is 30.0 Å². The van der Waals surface area contributed by atoms with Crippen molar-refractivity contribution in [2.45, 2.75) is 29.2 Å². The molecule has 0 unspecified atom stereocenters. The van der Waals surface area contributed by atoms with Crippen LogP contribution in [0.5, 0.6) is 0 Å². The normalized spacial score (nSPS) is 15.7. The Morgan fingerprint density at radius 1 is 1.03 bits per heavy atom. The van der Waals surface area contributed by atoms with Crippen LogP contribution in [0.1, 0.15) is 22.8 Å². The Labute approximate surface area is 181 Å². The van der Waals surface area contributed by atoms with E-state index in [1.165, 1.54) is 16.4 Å². The van der Waals surface area contributed by atoms with Gasteiger partial charge in [0.2, 0.25) is 0 Å². The zero-order valence-electron chi connectivity index (χ0n) is 16.7. The highest BCUT2D eigenvalue weighted by Crippen LogP contribution is 2.36. The van der Waals surface area contributed by atoms with Gasteiger partial charge in [0, 0.05) is 22.2 Å². The quantitative estimate of drug-likeness (QED) is 0.581. The molecule has 1 atom stereocenters. The van der Waals surface area contributed by atoms with Crippen molar-refractivity contribution in [3.05, 3.63) is 83.9 Å². The first-order valence-electron chi connectivity index (χ1n) is 9.58. The Kier molecular flexibility index (Phi) is 5.58. The van der Waals surface area contributed by atoms with Crippen molar-refractivity contribution in [3.8, 4) is 0 Å². The summed E-state index contributed by atoms with van der Waals surface area (Å²) in [6.07, 6.45) is 2.63. The molecule has 0 spiro atoms. The molecule has 0 aromatic heterocycles. The number of carbonyl (C=O) groups is 1. The fourth-order valence-corrected chi connectivity index (χ4v) is 5.92. The second-order valence-electron chi connectivity index (χ2n) is 7.20. The summed E-state index contributed by atoms with van der Waals surface area (Å²) in [6.45, 7) is 1.90. The van der Waals surface area contributed by atoms with Crippen LogP contribution < -0.4 is 9.62 Å². The van der Waals surface area contributed by atoms with Gasteiger partial charge >= 0.3 is 0 Å². The second kappa shape index (κ2) is 8.16. The number of nitrogens with one attached hydrogen (secondary N) is 1. The maximum absolute atomic E-state index is 13.4. The minimum atomic E-state index is -3.79. The van der Waals surface area contributed by atoms with Crippen LogP contribution in [0, 0.1) is 0 Å². The van der Waals surface area contributed by atoms with Gasteiger partial charge in [0.1, 0.15) is 0 Å². The Balaban J connectivity index is 1.63. The van der Waals surface area contributed by atoms with Crippen LogP contribution in [-0.2, 0) is 16.4 Å². The van der Waals surface area contributed by atoms with Gasteiger partial charge in [-0.2, -0.15) is 0 Å². The highest BCUT2D eigenvalue weighted by Gasteiger charge is 2.36. The van der Waals surface area contributed by atoms with Crippen LogP contribution >= 0.6 is 11.8 Å². The first-order valence-corrected chi connectivity index (χ1v) is 12.2. The Morgan fingerprint density at radius 2 is 1.80 bits per heavy atom. The average Bonchev–Trinajstić information content (AvgIpc) is 3.10. The summed E-state index contributed by atoms with van der Waals surface area (Å²) in [5.74, 6) is -0.347. The lowest BCUT2D eigenvalue weighted by Gasteiger charge is -2.24. The van der Waals surface area contributed by atoms with E-state index < -0.39 is 10.0 Å². The van der Waals surface area contributed by atoms with E-state index in [2.05, 4.69) is 5.32 Å². The molecule has 0 fully saturated rings. The lowest BCUT2D eigenvalue weighted by Crippen LogP contribution is -2.35. The predicted molar refractivity (Wildman–Crippen MR) is 122 cm³/mol. The number of anilines is 2. The number of thioether (sulfide) groups is 1. The lowest BCUT2D eigenvalue weighted by atomic mass is 10.1. The molecule has 3 aromatic rings. The second-order valence-corrected chi connectivity index (χ2v) is 9.89. The molecule has 0 radical (unpaired) electrons. The van der Waals surface area contributed by atoms with Gasteiger partial charge in [-0.25, -0.2) is 8.42 Å². The molecule has 30 heavy (non-hydrogen) atoms. The number of hydrogen-bond acceptors (Lipinski definition) is 4. The standard InChI is InChI=1S/C23H22N2O3S2/c1-16-13-17-7-3-4-12-22(17)25(16)30(27,28)21-11-5-8-18(14-21)23(26)24-19-9-6-10-20(15-19)29-2/h3-12,14-16H,13H2,1-2H3,(H,24,26)/t16-/m0/s1. The predicted octanol–water partition coefficient (Wildman–Crippen LogP) is 4.80. The molecular weight excluding hydrogens is 416 g/mol. The van der Waals surface area contributed by atoms with Crippen molar-refractivity contribution < 1.29 is 13.2 Å². The molecule has 0 saturated carbocycles. The van der Waals surface area contributed by atoms with E-state index >= 15 is 0 Å². The highest BCUT2D eigenvalue weighted by molar-refractivity contribution is 7.98. The van der Waals surface area contributed by atoms with E-state index in [9.17, 15) is 13.2 Å². The maximum atomic E-state index is 13.4. The number of hydrogen-bond donors (Lipinski definition) is 1. The van der Waals surface area contributed by atoms with Gasteiger partial charge in [-0.05, 0) is 67.6 Å². The maximum Gasteiger partial charge on any atom is 0.264 e. The number of fused-ring (bicyclic) bond motifs is 1. The molecule has 1 aliphatic heterocycles. The lowest BCUT2D eigenvalue weighted by molar-refractivity contribution is 0.102. The minimum Gasteiger partial charge on any atom is -0.322 e. The average molecular weight is 439 g/mol.